The quantitative estimate of drug-likeness (QED) is 0.119. The Hall–Kier alpha value is -2.49. The molecule has 0 aromatic heterocycles. The zero-order valence-corrected chi connectivity index (χ0v) is 27.0. The van der Waals surface area contributed by atoms with Crippen LogP contribution in [0.25, 0.3) is 0 Å². The van der Waals surface area contributed by atoms with Crippen LogP contribution in [-0.2, 0) is 54.8 Å². The molecule has 0 aliphatic carbocycles. The van der Waals surface area contributed by atoms with E-state index in [-0.39, 0.29) is 19.8 Å². The van der Waals surface area contributed by atoms with Crippen LogP contribution in [0, 0.1) is 0 Å². The maximum absolute atomic E-state index is 6.66. The van der Waals surface area contributed by atoms with Crippen LogP contribution >= 0.6 is 34.8 Å². The SMILES string of the molecule is ClC(Cl)(Cl)COC1O[C@H](COCc2ccccc2)[C@@H](OCc2ccccc2)[C@H](OCc2ccccc2)[C@H]1OCc1ccccc1. The van der Waals surface area contributed by atoms with Crippen molar-refractivity contribution in [1.29, 1.82) is 0 Å². The van der Waals surface area contributed by atoms with E-state index < -0.39 is 34.5 Å². The van der Waals surface area contributed by atoms with E-state index in [2.05, 4.69) is 0 Å². The molecule has 0 radical (unpaired) electrons. The molecule has 9 heteroatoms. The predicted octanol–water partition coefficient (Wildman–Crippen LogP) is 8.07. The summed E-state index contributed by atoms with van der Waals surface area (Å²) < 4.78 is 37.0. The van der Waals surface area contributed by atoms with Crippen molar-refractivity contribution < 1.29 is 28.4 Å². The van der Waals surface area contributed by atoms with Crippen LogP contribution in [0.2, 0.25) is 0 Å². The summed E-state index contributed by atoms with van der Waals surface area (Å²) in [5.41, 5.74) is 4.04. The summed E-state index contributed by atoms with van der Waals surface area (Å²) in [5, 5.41) is 0. The van der Waals surface area contributed by atoms with Crippen molar-refractivity contribution in [2.24, 2.45) is 0 Å². The molecule has 1 aliphatic rings. The Morgan fingerprint density at radius 3 is 1.33 bits per heavy atom. The summed E-state index contributed by atoms with van der Waals surface area (Å²) in [6.07, 6.45) is -3.47. The molecule has 0 bridgehead atoms. The Balaban J connectivity index is 1.43. The van der Waals surface area contributed by atoms with Gasteiger partial charge in [0.2, 0.25) is 3.79 Å². The van der Waals surface area contributed by atoms with E-state index in [1.165, 1.54) is 0 Å². The molecule has 1 unspecified atom stereocenters. The molecule has 4 aromatic carbocycles. The monoisotopic (exact) mass is 670 g/mol. The fraction of sp³-hybridized carbons (Fsp3) is 0.333. The third-order valence-electron chi connectivity index (χ3n) is 7.25. The van der Waals surface area contributed by atoms with Gasteiger partial charge in [-0.15, -0.1) is 0 Å². The molecule has 45 heavy (non-hydrogen) atoms. The number of halogens is 3. The van der Waals surface area contributed by atoms with Crippen molar-refractivity contribution in [3.05, 3.63) is 144 Å². The van der Waals surface area contributed by atoms with E-state index in [0.717, 1.165) is 22.3 Å². The first-order valence-corrected chi connectivity index (χ1v) is 16.0. The van der Waals surface area contributed by atoms with Crippen LogP contribution < -0.4 is 0 Å². The third kappa shape index (κ3) is 11.1. The van der Waals surface area contributed by atoms with Crippen molar-refractivity contribution in [3.8, 4) is 0 Å². The van der Waals surface area contributed by atoms with E-state index in [9.17, 15) is 0 Å². The van der Waals surface area contributed by atoms with Crippen LogP contribution in [0.4, 0.5) is 0 Å². The second kappa shape index (κ2) is 17.4. The first-order chi connectivity index (χ1) is 21.9. The fourth-order valence-corrected chi connectivity index (χ4v) is 5.25. The van der Waals surface area contributed by atoms with Crippen LogP contribution in [0.3, 0.4) is 0 Å². The zero-order valence-electron chi connectivity index (χ0n) is 24.8. The van der Waals surface area contributed by atoms with E-state index in [0.29, 0.717) is 19.8 Å². The van der Waals surface area contributed by atoms with Gasteiger partial charge in [-0.25, -0.2) is 0 Å². The lowest BCUT2D eigenvalue weighted by Crippen LogP contribution is -2.62. The van der Waals surface area contributed by atoms with Crippen molar-refractivity contribution in [1.82, 2.24) is 0 Å². The first kappa shape index (κ1) is 33.9. The number of rotatable bonds is 15. The molecule has 5 atom stereocenters. The van der Waals surface area contributed by atoms with Crippen LogP contribution in [0.5, 0.6) is 0 Å². The number of ether oxygens (including phenoxy) is 6. The second-order valence-corrected chi connectivity index (χ2v) is 13.3. The lowest BCUT2D eigenvalue weighted by Gasteiger charge is -2.46. The van der Waals surface area contributed by atoms with Crippen LogP contribution in [0.15, 0.2) is 121 Å². The maximum atomic E-state index is 6.66. The molecule has 4 aromatic rings. The van der Waals surface area contributed by atoms with Gasteiger partial charge in [0, 0.05) is 0 Å². The summed E-state index contributed by atoms with van der Waals surface area (Å²) in [6.45, 7) is 1.32. The molecule has 5 rings (SSSR count). The third-order valence-corrected chi connectivity index (χ3v) is 7.58. The highest BCUT2D eigenvalue weighted by Gasteiger charge is 2.49. The van der Waals surface area contributed by atoms with Gasteiger partial charge in [-0.3, -0.25) is 0 Å². The normalized spacial score (nSPS) is 21.9. The minimum Gasteiger partial charge on any atom is -0.374 e. The Kier molecular flexibility index (Phi) is 13.1. The van der Waals surface area contributed by atoms with E-state index in [1.54, 1.807) is 0 Å². The number of alkyl halides is 3. The van der Waals surface area contributed by atoms with Gasteiger partial charge in [0.25, 0.3) is 0 Å². The Morgan fingerprint density at radius 2 is 0.889 bits per heavy atom. The summed E-state index contributed by atoms with van der Waals surface area (Å²) in [5.74, 6) is 0. The van der Waals surface area contributed by atoms with Gasteiger partial charge in [0.1, 0.15) is 24.4 Å². The van der Waals surface area contributed by atoms with Crippen molar-refractivity contribution in [3.63, 3.8) is 0 Å². The molecule has 0 spiro atoms. The Bertz CT molecular complexity index is 1380. The molecule has 238 valence electrons. The highest BCUT2D eigenvalue weighted by Crippen LogP contribution is 2.34. The molecule has 0 amide bonds. The molecule has 1 fully saturated rings. The second-order valence-electron chi connectivity index (χ2n) is 10.8. The average Bonchev–Trinajstić information content (AvgIpc) is 3.06. The van der Waals surface area contributed by atoms with Gasteiger partial charge >= 0.3 is 0 Å². The Labute approximate surface area is 280 Å². The van der Waals surface area contributed by atoms with Gasteiger partial charge in [0.05, 0.1) is 39.6 Å². The largest absolute Gasteiger partial charge is 0.374 e. The smallest absolute Gasteiger partial charge is 0.213 e. The summed E-state index contributed by atoms with van der Waals surface area (Å²) >= 11 is 18.3. The highest BCUT2D eigenvalue weighted by molar-refractivity contribution is 6.67. The van der Waals surface area contributed by atoms with Crippen LogP contribution in [-0.4, -0.2) is 47.7 Å². The van der Waals surface area contributed by atoms with E-state index >= 15 is 0 Å². The van der Waals surface area contributed by atoms with Gasteiger partial charge in [-0.05, 0) is 22.3 Å². The molecule has 1 aliphatic heterocycles. The number of hydrogen-bond acceptors (Lipinski definition) is 6. The molecule has 6 nitrogen and oxygen atoms in total. The molecule has 0 saturated carbocycles. The van der Waals surface area contributed by atoms with Gasteiger partial charge in [-0.2, -0.15) is 0 Å². The van der Waals surface area contributed by atoms with Crippen LogP contribution in [0.1, 0.15) is 22.3 Å². The molecule has 0 N–H and O–H groups in total. The predicted molar refractivity (Wildman–Crippen MR) is 176 cm³/mol. The minimum atomic E-state index is -1.66. The summed E-state index contributed by atoms with van der Waals surface area (Å²) in [6, 6.07) is 39.7. The lowest BCUT2D eigenvalue weighted by molar-refractivity contribution is -0.328. The average molecular weight is 672 g/mol. The fourth-order valence-electron chi connectivity index (χ4n) is 5.06. The van der Waals surface area contributed by atoms with Crippen molar-refractivity contribution in [2.75, 3.05) is 13.2 Å². The molecular formula is C36H37Cl3O6. The Morgan fingerprint density at radius 1 is 0.489 bits per heavy atom. The molecular weight excluding hydrogens is 635 g/mol. The maximum Gasteiger partial charge on any atom is 0.213 e. The van der Waals surface area contributed by atoms with Gasteiger partial charge in [0.15, 0.2) is 6.29 Å². The number of benzene rings is 4. The first-order valence-electron chi connectivity index (χ1n) is 14.9. The molecule has 1 heterocycles. The van der Waals surface area contributed by atoms with E-state index in [1.807, 2.05) is 121 Å². The van der Waals surface area contributed by atoms with E-state index in [4.69, 9.17) is 63.2 Å². The van der Waals surface area contributed by atoms with Crippen molar-refractivity contribution in [2.45, 2.75) is 60.9 Å². The molecule has 1 saturated heterocycles. The standard InChI is InChI=1S/C36H37Cl3O6/c37-36(38,39)26-44-35-34(43-24-30-19-11-4-12-20-30)33(42-23-29-17-9-3-10-18-29)32(41-22-28-15-7-2-8-16-28)31(45-35)25-40-21-27-13-5-1-6-14-27/h1-20,31-35H,21-26H2/t31-,32-,33+,34-,35?/m1/s1. The summed E-state index contributed by atoms with van der Waals surface area (Å²) in [4.78, 5) is 0. The topological polar surface area (TPSA) is 55.4 Å². The van der Waals surface area contributed by atoms with Gasteiger partial charge in [-0.1, -0.05) is 156 Å². The zero-order chi connectivity index (χ0) is 31.3. The number of hydrogen-bond donors (Lipinski definition) is 0. The highest BCUT2D eigenvalue weighted by atomic mass is 35.6. The minimum absolute atomic E-state index is 0.207. The van der Waals surface area contributed by atoms with Crippen molar-refractivity contribution >= 4 is 34.8 Å². The summed E-state index contributed by atoms with van der Waals surface area (Å²) in [7, 11) is 0. The van der Waals surface area contributed by atoms with Gasteiger partial charge < -0.3 is 28.4 Å². The lowest BCUT2D eigenvalue weighted by atomic mass is 9.97.